The zero-order chi connectivity index (χ0) is 20.7. The van der Waals surface area contributed by atoms with E-state index >= 15 is 0 Å². The van der Waals surface area contributed by atoms with E-state index in [2.05, 4.69) is 10.6 Å². The molecule has 5 heteroatoms. The first kappa shape index (κ1) is 21.5. The van der Waals surface area contributed by atoms with Crippen molar-refractivity contribution in [1.82, 2.24) is 5.32 Å². The van der Waals surface area contributed by atoms with E-state index in [9.17, 15) is 9.59 Å². The summed E-state index contributed by atoms with van der Waals surface area (Å²) in [4.78, 5) is 25.3. The highest BCUT2D eigenvalue weighted by atomic mass is 16.5. The molecule has 0 aliphatic carbocycles. The molecule has 2 aromatic carbocycles. The van der Waals surface area contributed by atoms with Gasteiger partial charge in [0.2, 0.25) is 0 Å². The second-order valence-corrected chi connectivity index (χ2v) is 7.42. The van der Waals surface area contributed by atoms with Crippen LogP contribution in [0.2, 0.25) is 0 Å². The lowest BCUT2D eigenvalue weighted by molar-refractivity contribution is -0.122. The zero-order valence-corrected chi connectivity index (χ0v) is 17.3. The van der Waals surface area contributed by atoms with Gasteiger partial charge in [0.1, 0.15) is 5.75 Å². The maximum Gasteiger partial charge on any atom is 0.265 e. The van der Waals surface area contributed by atoms with E-state index in [1.807, 2.05) is 52.8 Å². The predicted molar refractivity (Wildman–Crippen MR) is 113 cm³/mol. The summed E-state index contributed by atoms with van der Waals surface area (Å²) in [6.07, 6.45) is -0.130. The van der Waals surface area contributed by atoms with Crippen LogP contribution in [0, 0.1) is 19.8 Å². The summed E-state index contributed by atoms with van der Waals surface area (Å²) in [6.45, 7) is 10.5. The van der Waals surface area contributed by atoms with E-state index in [0.717, 1.165) is 11.1 Å². The second kappa shape index (κ2) is 9.93. The Morgan fingerprint density at radius 3 is 2.43 bits per heavy atom. The number of amides is 2. The minimum Gasteiger partial charge on any atom is -0.480 e. The Balaban J connectivity index is 2.13. The lowest BCUT2D eigenvalue weighted by atomic mass is 10.1. The van der Waals surface area contributed by atoms with Gasteiger partial charge in [-0.1, -0.05) is 50.6 Å². The smallest absolute Gasteiger partial charge is 0.265 e. The van der Waals surface area contributed by atoms with Gasteiger partial charge < -0.3 is 15.4 Å². The Morgan fingerprint density at radius 2 is 1.79 bits per heavy atom. The van der Waals surface area contributed by atoms with E-state index in [0.29, 0.717) is 35.9 Å². The molecule has 0 fully saturated rings. The lowest BCUT2D eigenvalue weighted by Gasteiger charge is -2.20. The number of hydrogen-bond acceptors (Lipinski definition) is 3. The number of para-hydroxylation sites is 1. The van der Waals surface area contributed by atoms with Crippen molar-refractivity contribution >= 4 is 17.5 Å². The van der Waals surface area contributed by atoms with Crippen molar-refractivity contribution in [2.45, 2.75) is 47.1 Å². The second-order valence-electron chi connectivity index (χ2n) is 7.42. The first-order valence-electron chi connectivity index (χ1n) is 9.73. The van der Waals surface area contributed by atoms with Crippen molar-refractivity contribution in [2.75, 3.05) is 11.9 Å². The van der Waals surface area contributed by atoms with Crippen LogP contribution in [0.1, 0.15) is 48.7 Å². The van der Waals surface area contributed by atoms with Gasteiger partial charge in [-0.2, -0.15) is 0 Å². The summed E-state index contributed by atoms with van der Waals surface area (Å²) < 4.78 is 5.95. The van der Waals surface area contributed by atoms with Crippen LogP contribution in [0.15, 0.2) is 42.5 Å². The lowest BCUT2D eigenvalue weighted by Crippen LogP contribution is -2.34. The number of hydrogen-bond donors (Lipinski definition) is 2. The van der Waals surface area contributed by atoms with Gasteiger partial charge in [0, 0.05) is 6.54 Å². The molecule has 0 aliphatic rings. The Hall–Kier alpha value is -2.82. The van der Waals surface area contributed by atoms with Crippen molar-refractivity contribution in [3.63, 3.8) is 0 Å². The first-order chi connectivity index (χ1) is 13.3. The molecule has 150 valence electrons. The molecular weight excluding hydrogens is 352 g/mol. The molecule has 0 saturated carbocycles. The van der Waals surface area contributed by atoms with Gasteiger partial charge in [-0.15, -0.1) is 0 Å². The van der Waals surface area contributed by atoms with Crippen LogP contribution < -0.4 is 15.4 Å². The van der Waals surface area contributed by atoms with Crippen LogP contribution in [-0.2, 0) is 4.79 Å². The summed E-state index contributed by atoms with van der Waals surface area (Å²) in [5.74, 6) is 0.566. The predicted octanol–water partition coefficient (Wildman–Crippen LogP) is 4.49. The molecule has 2 amide bonds. The van der Waals surface area contributed by atoms with Gasteiger partial charge in [-0.3, -0.25) is 9.59 Å². The number of nitrogens with one attached hydrogen (secondary N) is 2. The van der Waals surface area contributed by atoms with Gasteiger partial charge in [-0.25, -0.2) is 0 Å². The monoisotopic (exact) mass is 382 g/mol. The fraction of sp³-hybridized carbons (Fsp3) is 0.391. The van der Waals surface area contributed by atoms with Gasteiger partial charge >= 0.3 is 0 Å². The third-order valence-corrected chi connectivity index (χ3v) is 4.36. The topological polar surface area (TPSA) is 67.4 Å². The quantitative estimate of drug-likeness (QED) is 0.707. The molecule has 5 nitrogen and oxygen atoms in total. The van der Waals surface area contributed by atoms with Gasteiger partial charge in [0.05, 0.1) is 11.3 Å². The number of rotatable bonds is 8. The molecule has 0 saturated heterocycles. The van der Waals surface area contributed by atoms with E-state index in [1.54, 1.807) is 24.3 Å². The highest BCUT2D eigenvalue weighted by Crippen LogP contribution is 2.22. The maximum atomic E-state index is 12.8. The third kappa shape index (κ3) is 5.84. The van der Waals surface area contributed by atoms with Crippen LogP contribution in [0.25, 0.3) is 0 Å². The van der Waals surface area contributed by atoms with Crippen LogP contribution in [0.3, 0.4) is 0 Å². The molecule has 0 heterocycles. The molecular formula is C23H30N2O3. The summed E-state index contributed by atoms with van der Waals surface area (Å²) in [7, 11) is 0. The van der Waals surface area contributed by atoms with E-state index in [4.69, 9.17) is 4.74 Å². The van der Waals surface area contributed by atoms with Crippen molar-refractivity contribution in [1.29, 1.82) is 0 Å². The van der Waals surface area contributed by atoms with Crippen molar-refractivity contribution in [2.24, 2.45) is 5.92 Å². The Labute approximate surface area is 167 Å². The van der Waals surface area contributed by atoms with E-state index in [-0.39, 0.29) is 11.8 Å². The zero-order valence-electron chi connectivity index (χ0n) is 17.3. The fourth-order valence-corrected chi connectivity index (χ4v) is 2.80. The summed E-state index contributed by atoms with van der Waals surface area (Å²) in [6, 6.07) is 12.9. The standard InChI is InChI=1S/C23H30N2O3/c1-6-20(28-21-12-11-16(4)13-17(21)5)23(27)25-19-10-8-7-9-18(19)22(26)24-14-15(2)3/h7-13,15,20H,6,14H2,1-5H3,(H,24,26)(H,25,27)/t20-/m0/s1. The molecule has 0 spiro atoms. The van der Waals surface area contributed by atoms with Crippen LogP contribution in [-0.4, -0.2) is 24.5 Å². The Kier molecular flexibility index (Phi) is 7.61. The minimum absolute atomic E-state index is 0.201. The fourth-order valence-electron chi connectivity index (χ4n) is 2.80. The van der Waals surface area contributed by atoms with E-state index in [1.165, 1.54) is 0 Å². The third-order valence-electron chi connectivity index (χ3n) is 4.36. The summed E-state index contributed by atoms with van der Waals surface area (Å²) in [5.41, 5.74) is 3.05. The average molecular weight is 383 g/mol. The highest BCUT2D eigenvalue weighted by Gasteiger charge is 2.21. The van der Waals surface area contributed by atoms with E-state index < -0.39 is 6.10 Å². The highest BCUT2D eigenvalue weighted by molar-refractivity contribution is 6.04. The first-order valence-corrected chi connectivity index (χ1v) is 9.73. The molecule has 0 bridgehead atoms. The summed E-state index contributed by atoms with van der Waals surface area (Å²) in [5, 5.41) is 5.74. The van der Waals surface area contributed by atoms with Crippen molar-refractivity contribution < 1.29 is 14.3 Å². The number of benzene rings is 2. The van der Waals surface area contributed by atoms with Gasteiger partial charge in [0.25, 0.3) is 11.8 Å². The van der Waals surface area contributed by atoms with Crippen LogP contribution in [0.5, 0.6) is 5.75 Å². The minimum atomic E-state index is -0.645. The molecule has 0 aromatic heterocycles. The number of anilines is 1. The molecule has 2 rings (SSSR count). The van der Waals surface area contributed by atoms with Crippen molar-refractivity contribution in [3.05, 3.63) is 59.2 Å². The van der Waals surface area contributed by atoms with Gasteiger partial charge in [0.15, 0.2) is 6.10 Å². The maximum absolute atomic E-state index is 12.8. The number of carbonyl (C=O) groups excluding carboxylic acids is 2. The molecule has 1 atom stereocenters. The molecule has 2 aromatic rings. The normalized spacial score (nSPS) is 11.8. The average Bonchev–Trinajstić information content (AvgIpc) is 2.65. The van der Waals surface area contributed by atoms with Gasteiger partial charge in [-0.05, 0) is 49.9 Å². The molecule has 0 radical (unpaired) electrons. The number of aryl methyl sites for hydroxylation is 2. The molecule has 2 N–H and O–H groups in total. The number of ether oxygens (including phenoxy) is 1. The number of carbonyl (C=O) groups is 2. The van der Waals surface area contributed by atoms with Crippen molar-refractivity contribution in [3.8, 4) is 5.75 Å². The molecule has 28 heavy (non-hydrogen) atoms. The molecule has 0 aliphatic heterocycles. The SMILES string of the molecule is CC[C@H](Oc1ccc(C)cc1C)C(=O)Nc1ccccc1C(=O)NCC(C)C. The summed E-state index contributed by atoms with van der Waals surface area (Å²) >= 11 is 0. The largest absolute Gasteiger partial charge is 0.480 e. The van der Waals surface area contributed by atoms with Crippen LogP contribution in [0.4, 0.5) is 5.69 Å². The molecule has 0 unspecified atom stereocenters. The Morgan fingerprint density at radius 1 is 1.07 bits per heavy atom. The van der Waals surface area contributed by atoms with Crippen LogP contribution >= 0.6 is 0 Å². The Bertz CT molecular complexity index is 830.